The molecule has 0 aromatic heterocycles. The van der Waals surface area contributed by atoms with E-state index in [0.717, 1.165) is 11.1 Å². The van der Waals surface area contributed by atoms with Gasteiger partial charge in [-0.2, -0.15) is 0 Å². The maximum absolute atomic E-state index is 13.4. The minimum atomic E-state index is -0.737. The molecule has 2 amide bonds. The molecule has 47 heavy (non-hydrogen) atoms. The largest absolute Gasteiger partial charge is 0.444 e. The van der Waals surface area contributed by atoms with E-state index in [1.54, 1.807) is 25.7 Å². The molecule has 258 valence electrons. The Hall–Kier alpha value is -3.47. The minimum Gasteiger partial charge on any atom is -0.444 e. The number of rotatable bonds is 9. The highest BCUT2D eigenvalue weighted by atomic mass is 16.6. The molecule has 2 saturated heterocycles. The third-order valence-corrected chi connectivity index (χ3v) is 7.91. The van der Waals surface area contributed by atoms with Gasteiger partial charge in [0.25, 0.3) is 0 Å². The predicted octanol–water partition coefficient (Wildman–Crippen LogP) is 6.54. The first-order valence-electron chi connectivity index (χ1n) is 16.7. The van der Waals surface area contributed by atoms with Gasteiger partial charge in [0.2, 0.25) is 0 Å². The second-order valence-electron chi connectivity index (χ2n) is 14.5. The number of hydrogen-bond acceptors (Lipinski definition) is 8. The van der Waals surface area contributed by atoms with Gasteiger partial charge in [-0.25, -0.2) is 9.59 Å². The molecule has 4 unspecified atom stereocenters. The van der Waals surface area contributed by atoms with E-state index in [-0.39, 0.29) is 31.5 Å². The molecule has 2 aromatic rings. The highest BCUT2D eigenvalue weighted by Gasteiger charge is 2.38. The summed E-state index contributed by atoms with van der Waals surface area (Å²) in [6.45, 7) is 12.6. The summed E-state index contributed by atoms with van der Waals surface area (Å²) in [5.74, 6) is -0.101. The van der Waals surface area contributed by atoms with Gasteiger partial charge in [0, 0.05) is 19.4 Å². The van der Waals surface area contributed by atoms with Crippen molar-refractivity contribution < 1.29 is 38.1 Å². The zero-order valence-electron chi connectivity index (χ0n) is 28.8. The summed E-state index contributed by atoms with van der Waals surface area (Å²) in [6.07, 6.45) is -0.161. The Morgan fingerprint density at radius 3 is 1.85 bits per heavy atom. The second kappa shape index (κ2) is 16.6. The predicted molar refractivity (Wildman–Crippen MR) is 178 cm³/mol. The lowest BCUT2D eigenvalue weighted by Crippen LogP contribution is -2.48. The van der Waals surface area contributed by atoms with Crippen LogP contribution in [-0.2, 0) is 41.7 Å². The molecule has 0 aliphatic carbocycles. The number of benzene rings is 2. The third kappa shape index (κ3) is 12.6. The zero-order chi connectivity index (χ0) is 34.0. The minimum absolute atomic E-state index is 0.0916. The molecule has 2 heterocycles. The van der Waals surface area contributed by atoms with E-state index in [1.807, 2.05) is 81.4 Å². The molecule has 2 aliphatic rings. The molecule has 0 N–H and O–H groups in total. The van der Waals surface area contributed by atoms with Gasteiger partial charge < -0.3 is 28.6 Å². The fourth-order valence-corrected chi connectivity index (χ4v) is 5.68. The summed E-state index contributed by atoms with van der Waals surface area (Å²) in [7, 11) is 0. The van der Waals surface area contributed by atoms with Crippen LogP contribution < -0.4 is 0 Å². The third-order valence-electron chi connectivity index (χ3n) is 7.91. The number of nitrogens with zero attached hydrogens (tertiary/aromatic N) is 2. The molecule has 2 fully saturated rings. The Bertz CT molecular complexity index is 1290. The molecule has 2 aliphatic heterocycles. The summed E-state index contributed by atoms with van der Waals surface area (Å²) in [6, 6.07) is 19.3. The maximum atomic E-state index is 13.4. The van der Waals surface area contributed by atoms with Crippen LogP contribution in [0.4, 0.5) is 9.59 Å². The maximum Gasteiger partial charge on any atom is 0.411 e. The van der Waals surface area contributed by atoms with Crippen molar-refractivity contribution in [3.63, 3.8) is 0 Å². The number of likely N-dealkylation sites (tertiary alicyclic amines) is 2. The first-order valence-corrected chi connectivity index (χ1v) is 16.7. The van der Waals surface area contributed by atoms with Crippen LogP contribution in [0.3, 0.4) is 0 Å². The van der Waals surface area contributed by atoms with Crippen LogP contribution >= 0.6 is 0 Å². The fraction of sp³-hybridized carbons (Fsp3) is 0.595. The molecule has 0 saturated carbocycles. The van der Waals surface area contributed by atoms with E-state index in [0.29, 0.717) is 45.6 Å². The van der Waals surface area contributed by atoms with Gasteiger partial charge in [0.1, 0.15) is 11.2 Å². The topological polar surface area (TPSA) is 104 Å². The van der Waals surface area contributed by atoms with Gasteiger partial charge >= 0.3 is 12.2 Å². The van der Waals surface area contributed by atoms with Crippen LogP contribution in [0.1, 0.15) is 78.4 Å². The van der Waals surface area contributed by atoms with Crippen molar-refractivity contribution in [2.75, 3.05) is 26.2 Å². The van der Waals surface area contributed by atoms with Crippen LogP contribution in [0, 0.1) is 0 Å². The lowest BCUT2D eigenvalue weighted by molar-refractivity contribution is -0.122. The van der Waals surface area contributed by atoms with Gasteiger partial charge in [-0.05, 0) is 65.5 Å². The standard InChI is InChI=1S/C37H52N2O8/c1-36(2,3)46-34(41)38-18-17-31(43-24-27-13-9-7-10-14-27)21-33(23-38)45-26-29-19-32(44-25-28-15-11-8-12-16-28)20-30(40)22-39(29)35(42)47-37(4,5)6/h7-16,29,31-33H,17-26H2,1-6H3. The number of hydrogen-bond donors (Lipinski definition) is 0. The van der Waals surface area contributed by atoms with E-state index in [2.05, 4.69) is 0 Å². The number of amides is 2. The number of ether oxygens (including phenoxy) is 5. The van der Waals surface area contributed by atoms with Crippen LogP contribution in [0.5, 0.6) is 0 Å². The fourth-order valence-electron chi connectivity index (χ4n) is 5.68. The van der Waals surface area contributed by atoms with Crippen LogP contribution in [0.15, 0.2) is 60.7 Å². The Kier molecular flexibility index (Phi) is 12.8. The smallest absolute Gasteiger partial charge is 0.411 e. The summed E-state index contributed by atoms with van der Waals surface area (Å²) in [5.41, 5.74) is 0.692. The van der Waals surface area contributed by atoms with E-state index in [9.17, 15) is 14.4 Å². The average molecular weight is 653 g/mol. The van der Waals surface area contributed by atoms with Gasteiger partial charge in [0.15, 0.2) is 5.78 Å². The molecule has 10 nitrogen and oxygen atoms in total. The zero-order valence-corrected chi connectivity index (χ0v) is 28.8. The van der Waals surface area contributed by atoms with Crippen LogP contribution in [0.25, 0.3) is 0 Å². The lowest BCUT2D eigenvalue weighted by atomic mass is 10.1. The van der Waals surface area contributed by atoms with E-state index < -0.39 is 41.6 Å². The van der Waals surface area contributed by atoms with Crippen molar-refractivity contribution in [1.82, 2.24) is 9.80 Å². The lowest BCUT2D eigenvalue weighted by Gasteiger charge is -2.34. The number of Topliss-reactive ketones (excluding diaryl/α,β-unsaturated/α-hetero) is 1. The number of carbonyl (C=O) groups is 3. The molecule has 4 atom stereocenters. The van der Waals surface area contributed by atoms with Gasteiger partial charge in [-0.15, -0.1) is 0 Å². The first-order chi connectivity index (χ1) is 22.2. The second-order valence-corrected chi connectivity index (χ2v) is 14.5. The number of ketones is 1. The first kappa shape index (κ1) is 36.4. The van der Waals surface area contributed by atoms with Crippen molar-refractivity contribution in [2.24, 2.45) is 0 Å². The number of carbonyl (C=O) groups excluding carboxylic acids is 3. The van der Waals surface area contributed by atoms with Crippen molar-refractivity contribution in [1.29, 1.82) is 0 Å². The molecule has 10 heteroatoms. The van der Waals surface area contributed by atoms with E-state index >= 15 is 0 Å². The molecule has 2 aromatic carbocycles. The van der Waals surface area contributed by atoms with Gasteiger partial charge in [-0.1, -0.05) is 60.7 Å². The molecule has 0 radical (unpaired) electrons. The Morgan fingerprint density at radius 2 is 1.28 bits per heavy atom. The van der Waals surface area contributed by atoms with Crippen LogP contribution in [0.2, 0.25) is 0 Å². The highest BCUT2D eigenvalue weighted by Crippen LogP contribution is 2.25. The Morgan fingerprint density at radius 1 is 0.723 bits per heavy atom. The summed E-state index contributed by atoms with van der Waals surface area (Å²) < 4.78 is 30.6. The molecule has 0 bridgehead atoms. The van der Waals surface area contributed by atoms with Crippen LogP contribution in [-0.4, -0.2) is 89.6 Å². The quantitative estimate of drug-likeness (QED) is 0.301. The van der Waals surface area contributed by atoms with Crippen molar-refractivity contribution in [3.05, 3.63) is 71.8 Å². The molecular weight excluding hydrogens is 600 g/mol. The van der Waals surface area contributed by atoms with E-state index in [1.165, 1.54) is 4.90 Å². The van der Waals surface area contributed by atoms with E-state index in [4.69, 9.17) is 23.7 Å². The summed E-state index contributed by atoms with van der Waals surface area (Å²) >= 11 is 0. The molecule has 4 rings (SSSR count). The highest BCUT2D eigenvalue weighted by molar-refractivity contribution is 5.85. The van der Waals surface area contributed by atoms with Crippen molar-refractivity contribution in [2.45, 2.75) is 116 Å². The SMILES string of the molecule is CC(C)(C)OC(=O)N1CCC(OCc2ccccc2)CC(OCC2CC(OCc3ccccc3)CC(=O)CN2C(=O)OC(C)(C)C)C1. The Balaban J connectivity index is 1.50. The normalized spacial score (nSPS) is 22.7. The monoisotopic (exact) mass is 652 g/mol. The van der Waals surface area contributed by atoms with Gasteiger partial charge in [-0.3, -0.25) is 9.69 Å². The summed E-state index contributed by atoms with van der Waals surface area (Å²) in [5, 5.41) is 0. The van der Waals surface area contributed by atoms with Crippen molar-refractivity contribution >= 4 is 18.0 Å². The molecular formula is C37H52N2O8. The molecule has 0 spiro atoms. The van der Waals surface area contributed by atoms with Gasteiger partial charge in [0.05, 0.1) is 57.3 Å². The Labute approximate surface area is 279 Å². The average Bonchev–Trinajstić information content (AvgIpc) is 3.31. The van der Waals surface area contributed by atoms with Crippen molar-refractivity contribution in [3.8, 4) is 0 Å². The summed E-state index contributed by atoms with van der Waals surface area (Å²) in [4.78, 5) is 42.9.